The minimum Gasteiger partial charge on any atom is -0.493 e. The third-order valence-electron chi connectivity index (χ3n) is 5.77. The van der Waals surface area contributed by atoms with Gasteiger partial charge in [0.15, 0.2) is 11.5 Å². The maximum Gasteiger partial charge on any atom is 0.238 e. The van der Waals surface area contributed by atoms with E-state index in [0.717, 1.165) is 28.9 Å². The number of aryl methyl sites for hydroxylation is 1. The van der Waals surface area contributed by atoms with Gasteiger partial charge < -0.3 is 19.4 Å². The van der Waals surface area contributed by atoms with Crippen molar-refractivity contribution >= 4 is 33.4 Å². The van der Waals surface area contributed by atoms with Crippen LogP contribution in [0.25, 0.3) is 21.8 Å². The van der Waals surface area contributed by atoms with Gasteiger partial charge in [-0.25, -0.2) is 0 Å². The first-order valence-corrected chi connectivity index (χ1v) is 11.3. The number of nitrogens with zero attached hydrogens (tertiary/aromatic N) is 2. The number of ether oxygens (including phenoxy) is 2. The van der Waals surface area contributed by atoms with Crippen molar-refractivity contribution in [3.05, 3.63) is 66.2 Å². The summed E-state index contributed by atoms with van der Waals surface area (Å²) in [6, 6.07) is 20.4. The van der Waals surface area contributed by atoms with E-state index in [1.807, 2.05) is 43.1 Å². The largest absolute Gasteiger partial charge is 0.493 e. The molecule has 6 nitrogen and oxygen atoms in total. The first kappa shape index (κ1) is 22.7. The molecule has 0 aliphatic heterocycles. The lowest BCUT2D eigenvalue weighted by molar-refractivity contribution is -0.117. The molecule has 0 aliphatic rings. The molecule has 33 heavy (non-hydrogen) atoms. The maximum absolute atomic E-state index is 12.7. The zero-order valence-corrected chi connectivity index (χ0v) is 19.7. The predicted octanol–water partition coefficient (Wildman–Crippen LogP) is 5.29. The monoisotopic (exact) mass is 445 g/mol. The van der Waals surface area contributed by atoms with Gasteiger partial charge in [0.1, 0.15) is 0 Å². The van der Waals surface area contributed by atoms with Gasteiger partial charge in [-0.3, -0.25) is 9.69 Å². The van der Waals surface area contributed by atoms with Crippen LogP contribution in [0.5, 0.6) is 11.5 Å². The van der Waals surface area contributed by atoms with Crippen LogP contribution in [-0.4, -0.2) is 42.7 Å². The average molecular weight is 446 g/mol. The van der Waals surface area contributed by atoms with Crippen molar-refractivity contribution in [2.75, 3.05) is 32.6 Å². The standard InChI is InChI=1S/C27H31N3O3/c1-5-30-23-10-8-7-9-21(23)22-16-20(12-13-24(22)30)28-27(31)18-29(3)17-19-11-14-25(33-6-2)26(15-19)32-4/h7-16H,5-6,17-18H2,1-4H3,(H,28,31). The fourth-order valence-corrected chi connectivity index (χ4v) is 4.37. The Morgan fingerprint density at radius 2 is 1.76 bits per heavy atom. The highest BCUT2D eigenvalue weighted by Gasteiger charge is 2.13. The van der Waals surface area contributed by atoms with Crippen molar-refractivity contribution < 1.29 is 14.3 Å². The number of fused-ring (bicyclic) bond motifs is 3. The predicted molar refractivity (Wildman–Crippen MR) is 134 cm³/mol. The summed E-state index contributed by atoms with van der Waals surface area (Å²) in [5.74, 6) is 1.38. The van der Waals surface area contributed by atoms with Gasteiger partial charge in [0.05, 0.1) is 20.3 Å². The van der Waals surface area contributed by atoms with Crippen LogP contribution in [0.1, 0.15) is 19.4 Å². The maximum atomic E-state index is 12.7. The van der Waals surface area contributed by atoms with E-state index in [2.05, 4.69) is 53.2 Å². The lowest BCUT2D eigenvalue weighted by Gasteiger charge is -2.18. The number of amides is 1. The van der Waals surface area contributed by atoms with Gasteiger partial charge in [-0.15, -0.1) is 0 Å². The summed E-state index contributed by atoms with van der Waals surface area (Å²) in [5.41, 5.74) is 4.25. The third kappa shape index (κ3) is 4.81. The number of anilines is 1. The van der Waals surface area contributed by atoms with Gasteiger partial charge in [0.2, 0.25) is 5.91 Å². The number of rotatable bonds is 9. The Morgan fingerprint density at radius 1 is 0.970 bits per heavy atom. The first-order valence-electron chi connectivity index (χ1n) is 11.3. The minimum absolute atomic E-state index is 0.0472. The van der Waals surface area contributed by atoms with E-state index >= 15 is 0 Å². The van der Waals surface area contributed by atoms with E-state index in [4.69, 9.17) is 9.47 Å². The molecule has 0 atom stereocenters. The molecule has 0 spiro atoms. The summed E-state index contributed by atoms with van der Waals surface area (Å²) < 4.78 is 13.3. The molecule has 0 bridgehead atoms. The van der Waals surface area contributed by atoms with Gasteiger partial charge in [0, 0.05) is 40.6 Å². The Hall–Kier alpha value is -3.51. The number of nitrogens with one attached hydrogen (secondary N) is 1. The molecule has 3 aromatic carbocycles. The Morgan fingerprint density at radius 3 is 2.52 bits per heavy atom. The van der Waals surface area contributed by atoms with E-state index in [1.165, 1.54) is 16.4 Å². The van der Waals surface area contributed by atoms with E-state index in [-0.39, 0.29) is 12.5 Å². The van der Waals surface area contributed by atoms with Crippen molar-refractivity contribution in [2.24, 2.45) is 0 Å². The zero-order chi connectivity index (χ0) is 23.4. The SMILES string of the molecule is CCOc1ccc(CN(C)CC(=O)Nc2ccc3c(c2)c2ccccc2n3CC)cc1OC. The van der Waals surface area contributed by atoms with E-state index in [0.29, 0.717) is 18.9 Å². The molecule has 4 aromatic rings. The summed E-state index contributed by atoms with van der Waals surface area (Å²) in [6.45, 7) is 6.48. The molecule has 0 aliphatic carbocycles. The molecule has 0 saturated heterocycles. The second-order valence-electron chi connectivity index (χ2n) is 8.13. The number of likely N-dealkylation sites (N-methyl/N-ethyl adjacent to an activating group) is 1. The van der Waals surface area contributed by atoms with E-state index < -0.39 is 0 Å². The number of carbonyl (C=O) groups excluding carboxylic acids is 1. The highest BCUT2D eigenvalue weighted by atomic mass is 16.5. The van der Waals surface area contributed by atoms with Crippen LogP contribution in [0.2, 0.25) is 0 Å². The molecule has 4 rings (SSSR count). The second-order valence-corrected chi connectivity index (χ2v) is 8.13. The Kier molecular flexibility index (Phi) is 6.84. The van der Waals surface area contributed by atoms with Gasteiger partial charge in [-0.05, 0) is 62.9 Å². The quantitative estimate of drug-likeness (QED) is 0.380. The number of methoxy groups -OCH3 is 1. The van der Waals surface area contributed by atoms with Gasteiger partial charge in [0.25, 0.3) is 0 Å². The Labute approximate surface area is 194 Å². The van der Waals surface area contributed by atoms with Gasteiger partial charge >= 0.3 is 0 Å². The normalized spacial score (nSPS) is 11.3. The van der Waals surface area contributed by atoms with Gasteiger partial charge in [-0.2, -0.15) is 0 Å². The van der Waals surface area contributed by atoms with E-state index in [1.54, 1.807) is 7.11 Å². The molecular formula is C27H31N3O3. The van der Waals surface area contributed by atoms with Crippen LogP contribution >= 0.6 is 0 Å². The van der Waals surface area contributed by atoms with Crippen LogP contribution < -0.4 is 14.8 Å². The first-order chi connectivity index (χ1) is 16.0. The van der Waals surface area contributed by atoms with Crippen molar-refractivity contribution in [3.63, 3.8) is 0 Å². The molecule has 1 N–H and O–H groups in total. The Bertz CT molecular complexity index is 1280. The smallest absolute Gasteiger partial charge is 0.238 e. The molecular weight excluding hydrogens is 414 g/mol. The van der Waals surface area contributed by atoms with Gasteiger partial charge in [-0.1, -0.05) is 24.3 Å². The Balaban J connectivity index is 1.45. The van der Waals surface area contributed by atoms with Crippen LogP contribution in [0, 0.1) is 0 Å². The van der Waals surface area contributed by atoms with E-state index in [9.17, 15) is 4.79 Å². The highest BCUT2D eigenvalue weighted by molar-refractivity contribution is 6.09. The zero-order valence-electron chi connectivity index (χ0n) is 19.7. The fourth-order valence-electron chi connectivity index (χ4n) is 4.37. The molecule has 0 unspecified atom stereocenters. The average Bonchev–Trinajstić information content (AvgIpc) is 3.13. The van der Waals surface area contributed by atoms with Crippen molar-refractivity contribution in [1.29, 1.82) is 0 Å². The number of aromatic nitrogens is 1. The molecule has 0 fully saturated rings. The number of hydrogen-bond acceptors (Lipinski definition) is 4. The molecule has 0 saturated carbocycles. The van der Waals surface area contributed by atoms with Crippen molar-refractivity contribution in [2.45, 2.75) is 26.9 Å². The van der Waals surface area contributed by atoms with Crippen molar-refractivity contribution in [3.8, 4) is 11.5 Å². The minimum atomic E-state index is -0.0472. The molecule has 1 heterocycles. The summed E-state index contributed by atoms with van der Waals surface area (Å²) in [4.78, 5) is 14.7. The lowest BCUT2D eigenvalue weighted by atomic mass is 10.1. The summed E-state index contributed by atoms with van der Waals surface area (Å²) in [6.07, 6.45) is 0. The topological polar surface area (TPSA) is 55.7 Å². The number of carbonyl (C=O) groups is 1. The summed E-state index contributed by atoms with van der Waals surface area (Å²) in [5, 5.41) is 5.41. The van der Waals surface area contributed by atoms with Crippen molar-refractivity contribution in [1.82, 2.24) is 9.47 Å². The lowest BCUT2D eigenvalue weighted by Crippen LogP contribution is -2.29. The molecule has 6 heteroatoms. The number of para-hydroxylation sites is 1. The summed E-state index contributed by atoms with van der Waals surface area (Å²) >= 11 is 0. The van der Waals surface area contributed by atoms with Crippen LogP contribution in [0.4, 0.5) is 5.69 Å². The molecule has 1 amide bonds. The number of hydrogen-bond donors (Lipinski definition) is 1. The molecule has 1 aromatic heterocycles. The van der Waals surface area contributed by atoms with Crippen LogP contribution in [0.15, 0.2) is 60.7 Å². The highest BCUT2D eigenvalue weighted by Crippen LogP contribution is 2.31. The second kappa shape index (κ2) is 9.96. The third-order valence-corrected chi connectivity index (χ3v) is 5.77. The summed E-state index contributed by atoms with van der Waals surface area (Å²) in [7, 11) is 3.56. The molecule has 0 radical (unpaired) electrons. The van der Waals surface area contributed by atoms with Crippen LogP contribution in [-0.2, 0) is 17.9 Å². The fraction of sp³-hybridized carbons (Fsp3) is 0.296. The van der Waals surface area contributed by atoms with Crippen LogP contribution in [0.3, 0.4) is 0 Å². The molecule has 172 valence electrons. The number of benzene rings is 3.